The number of rotatable bonds is 2. The smallest absolute Gasteiger partial charge is 0.230 e. The molecule has 0 saturated heterocycles. The van der Waals surface area contributed by atoms with Crippen LogP contribution >= 0.6 is 0 Å². The Hall–Kier alpha value is -2.08. The lowest BCUT2D eigenvalue weighted by Gasteiger charge is -2.14. The molecule has 15 heavy (non-hydrogen) atoms. The van der Waals surface area contributed by atoms with Crippen LogP contribution in [-0.4, -0.2) is 11.9 Å². The van der Waals surface area contributed by atoms with Gasteiger partial charge in [-0.2, -0.15) is 0 Å². The van der Waals surface area contributed by atoms with Crippen LogP contribution in [0.4, 0.5) is 0 Å². The van der Waals surface area contributed by atoms with Gasteiger partial charge in [0.2, 0.25) is 11.5 Å². The highest BCUT2D eigenvalue weighted by atomic mass is 16.5. The zero-order valence-corrected chi connectivity index (χ0v) is 8.01. The van der Waals surface area contributed by atoms with E-state index in [0.717, 1.165) is 0 Å². The first-order valence-corrected chi connectivity index (χ1v) is 4.57. The number of ketones is 1. The van der Waals surface area contributed by atoms with Crippen LogP contribution in [0.1, 0.15) is 0 Å². The Labute approximate surface area is 87.9 Å². The van der Waals surface area contributed by atoms with E-state index in [1.54, 1.807) is 6.08 Å². The maximum absolute atomic E-state index is 11.6. The summed E-state index contributed by atoms with van der Waals surface area (Å²) in [6, 6.07) is 0. The summed E-state index contributed by atoms with van der Waals surface area (Å²) in [6.07, 6.45) is 9.29. The van der Waals surface area contributed by atoms with Gasteiger partial charge in [0.15, 0.2) is 5.76 Å². The van der Waals surface area contributed by atoms with Crippen LogP contribution in [0.25, 0.3) is 4.85 Å². The molecule has 0 aromatic carbocycles. The molecular formula is C12H9NO2. The van der Waals surface area contributed by atoms with Crippen molar-refractivity contribution in [3.8, 4) is 0 Å². The Morgan fingerprint density at radius 3 is 2.87 bits per heavy atom. The number of Topliss-reactive ketones (excluding diaryl/α,β-unsaturated/α-hetero) is 1. The van der Waals surface area contributed by atoms with E-state index in [0.29, 0.717) is 0 Å². The van der Waals surface area contributed by atoms with Gasteiger partial charge >= 0.3 is 0 Å². The Bertz CT molecular complexity index is 449. The van der Waals surface area contributed by atoms with Crippen molar-refractivity contribution in [3.05, 3.63) is 59.8 Å². The van der Waals surface area contributed by atoms with E-state index in [2.05, 4.69) is 11.4 Å². The van der Waals surface area contributed by atoms with E-state index in [4.69, 9.17) is 11.3 Å². The van der Waals surface area contributed by atoms with Gasteiger partial charge in [-0.1, -0.05) is 24.8 Å². The summed E-state index contributed by atoms with van der Waals surface area (Å²) in [5.41, 5.74) is -0.104. The number of hydrogen-bond acceptors (Lipinski definition) is 2. The van der Waals surface area contributed by atoms with Crippen LogP contribution in [0, 0.1) is 12.5 Å². The summed E-state index contributed by atoms with van der Waals surface area (Å²) in [7, 11) is 0. The SMILES string of the molecule is [C-]#[N+]C(=C)C(=O)C1=CC2C=CC=CC2O1. The Morgan fingerprint density at radius 2 is 2.20 bits per heavy atom. The third-order valence-corrected chi connectivity index (χ3v) is 2.35. The molecule has 1 aliphatic carbocycles. The molecule has 0 bridgehead atoms. The Morgan fingerprint density at radius 1 is 1.47 bits per heavy atom. The molecule has 1 aliphatic heterocycles. The highest BCUT2D eigenvalue weighted by Crippen LogP contribution is 2.29. The molecule has 0 amide bonds. The fraction of sp³-hybridized carbons (Fsp3) is 0.167. The maximum Gasteiger partial charge on any atom is 0.230 e. The minimum atomic E-state index is -0.416. The van der Waals surface area contributed by atoms with Gasteiger partial charge in [0.05, 0.1) is 6.57 Å². The van der Waals surface area contributed by atoms with E-state index in [-0.39, 0.29) is 23.5 Å². The quantitative estimate of drug-likeness (QED) is 0.503. The predicted octanol–water partition coefficient (Wildman–Crippen LogP) is 2.01. The van der Waals surface area contributed by atoms with Gasteiger partial charge in [0.25, 0.3) is 0 Å². The van der Waals surface area contributed by atoms with E-state index in [1.165, 1.54) is 0 Å². The monoisotopic (exact) mass is 199 g/mol. The van der Waals surface area contributed by atoms with Crippen molar-refractivity contribution in [1.29, 1.82) is 0 Å². The van der Waals surface area contributed by atoms with E-state index < -0.39 is 5.78 Å². The van der Waals surface area contributed by atoms with E-state index in [1.807, 2.05) is 24.3 Å². The predicted molar refractivity (Wildman–Crippen MR) is 55.5 cm³/mol. The molecule has 3 heteroatoms. The molecular weight excluding hydrogens is 190 g/mol. The molecule has 0 aromatic rings. The largest absolute Gasteiger partial charge is 0.483 e. The molecule has 74 valence electrons. The zero-order valence-electron chi connectivity index (χ0n) is 8.01. The first-order chi connectivity index (χ1) is 7.22. The molecule has 0 spiro atoms. The highest BCUT2D eigenvalue weighted by molar-refractivity contribution is 6.07. The molecule has 2 unspecified atom stereocenters. The van der Waals surface area contributed by atoms with Crippen LogP contribution in [0.3, 0.4) is 0 Å². The fourth-order valence-electron chi connectivity index (χ4n) is 1.56. The molecule has 0 N–H and O–H groups in total. The van der Waals surface area contributed by atoms with Gasteiger partial charge in [-0.15, -0.1) is 0 Å². The van der Waals surface area contributed by atoms with Crippen molar-refractivity contribution in [2.45, 2.75) is 6.10 Å². The lowest BCUT2D eigenvalue weighted by molar-refractivity contribution is -0.115. The molecule has 0 fully saturated rings. The van der Waals surface area contributed by atoms with Crippen molar-refractivity contribution < 1.29 is 9.53 Å². The summed E-state index contributed by atoms with van der Waals surface area (Å²) < 4.78 is 5.42. The van der Waals surface area contributed by atoms with E-state index in [9.17, 15) is 4.79 Å². The number of carbonyl (C=O) groups excluding carboxylic acids is 1. The molecule has 0 aromatic heterocycles. The third kappa shape index (κ3) is 1.62. The summed E-state index contributed by atoms with van der Waals surface area (Å²) in [5.74, 6) is -0.0733. The van der Waals surface area contributed by atoms with Crippen molar-refractivity contribution >= 4 is 5.78 Å². The number of allylic oxidation sites excluding steroid dienone is 2. The fourth-order valence-corrected chi connectivity index (χ4v) is 1.56. The van der Waals surface area contributed by atoms with Gasteiger partial charge in [-0.05, 0) is 12.2 Å². The first-order valence-electron chi connectivity index (χ1n) is 4.57. The van der Waals surface area contributed by atoms with Crippen LogP contribution in [-0.2, 0) is 9.53 Å². The van der Waals surface area contributed by atoms with Crippen molar-refractivity contribution in [1.82, 2.24) is 0 Å². The Balaban J connectivity index is 2.18. The first kappa shape index (κ1) is 9.47. The normalized spacial score (nSPS) is 26.2. The van der Waals surface area contributed by atoms with Gasteiger partial charge in [-0.3, -0.25) is 4.79 Å². The van der Waals surface area contributed by atoms with Gasteiger partial charge in [0.1, 0.15) is 6.10 Å². The summed E-state index contributed by atoms with van der Waals surface area (Å²) in [4.78, 5) is 14.6. The number of hydrogen-bond donors (Lipinski definition) is 0. The molecule has 2 atom stereocenters. The zero-order chi connectivity index (χ0) is 10.8. The summed E-state index contributed by atoms with van der Waals surface area (Å²) >= 11 is 0. The molecule has 2 aliphatic rings. The lowest BCUT2D eigenvalue weighted by Crippen LogP contribution is -2.14. The third-order valence-electron chi connectivity index (χ3n) is 2.35. The molecule has 1 heterocycles. The summed E-state index contributed by atoms with van der Waals surface area (Å²) in [6.45, 7) is 10.1. The second kappa shape index (κ2) is 3.58. The standard InChI is InChI=1S/C12H9NO2/c1-8(13-2)12(14)11-7-9-5-3-4-6-10(9)15-11/h3-7,9-10H,1H2. The van der Waals surface area contributed by atoms with Crippen molar-refractivity contribution in [2.24, 2.45) is 5.92 Å². The second-order valence-electron chi connectivity index (χ2n) is 3.35. The maximum atomic E-state index is 11.6. The van der Waals surface area contributed by atoms with Crippen LogP contribution < -0.4 is 0 Å². The molecule has 3 nitrogen and oxygen atoms in total. The lowest BCUT2D eigenvalue weighted by atomic mass is 9.99. The van der Waals surface area contributed by atoms with Gasteiger partial charge in [-0.25, -0.2) is 4.85 Å². The van der Waals surface area contributed by atoms with Crippen LogP contribution in [0.2, 0.25) is 0 Å². The van der Waals surface area contributed by atoms with Crippen LogP contribution in [0.5, 0.6) is 0 Å². The second-order valence-corrected chi connectivity index (χ2v) is 3.35. The van der Waals surface area contributed by atoms with Crippen molar-refractivity contribution in [3.63, 3.8) is 0 Å². The Kier molecular flexibility index (Phi) is 2.26. The molecule has 0 radical (unpaired) electrons. The number of fused-ring (bicyclic) bond motifs is 1. The average Bonchev–Trinajstić information content (AvgIpc) is 2.70. The minimum Gasteiger partial charge on any atom is -0.483 e. The van der Waals surface area contributed by atoms with Crippen LogP contribution in [0.15, 0.2) is 48.4 Å². The van der Waals surface area contributed by atoms with Crippen molar-refractivity contribution in [2.75, 3.05) is 0 Å². The van der Waals surface area contributed by atoms with Gasteiger partial charge in [0, 0.05) is 5.92 Å². The minimum absolute atomic E-state index is 0.104. The highest BCUT2D eigenvalue weighted by Gasteiger charge is 2.30. The topological polar surface area (TPSA) is 30.7 Å². The molecule has 0 saturated carbocycles. The number of nitrogens with zero attached hydrogens (tertiary/aromatic N) is 1. The summed E-state index contributed by atoms with van der Waals surface area (Å²) in [5, 5.41) is 0. The average molecular weight is 199 g/mol. The van der Waals surface area contributed by atoms with Gasteiger partial charge < -0.3 is 4.74 Å². The number of ether oxygens (including phenoxy) is 1. The van der Waals surface area contributed by atoms with E-state index >= 15 is 0 Å². The number of carbonyl (C=O) groups is 1. The molecule has 2 rings (SSSR count).